The average molecular weight is 605 g/mol. The number of aromatic amines is 1. The van der Waals surface area contributed by atoms with Gasteiger partial charge in [-0.25, -0.2) is 4.79 Å². The van der Waals surface area contributed by atoms with Crippen LogP contribution < -0.4 is 15.8 Å². The summed E-state index contributed by atoms with van der Waals surface area (Å²) < 4.78 is 6.32. The maximum atomic E-state index is 14.4. The smallest absolute Gasteiger partial charge is 0.326 e. The number of amidine groups is 1. The van der Waals surface area contributed by atoms with Gasteiger partial charge < -0.3 is 25.7 Å². The SMILES string of the molecule is CC(C)(C)Oc1cc(C(=O)CC(N)=O)ccc1C1=N[C@@H](c2ccc(Cl)cc2)[C@@H](c2ccc[nH]2)N1C(=O)N1CCNC(=O)C1. The van der Waals surface area contributed by atoms with Crippen LogP contribution in [0.4, 0.5) is 4.79 Å². The molecular formula is C31H33ClN6O5. The fraction of sp³-hybridized carbons (Fsp3) is 0.323. The van der Waals surface area contributed by atoms with Crippen LogP contribution >= 0.6 is 11.6 Å². The fourth-order valence-corrected chi connectivity index (χ4v) is 5.34. The van der Waals surface area contributed by atoms with Gasteiger partial charge in [0.15, 0.2) is 5.78 Å². The first-order valence-corrected chi connectivity index (χ1v) is 14.3. The summed E-state index contributed by atoms with van der Waals surface area (Å²) in [7, 11) is 0. The molecule has 0 radical (unpaired) electrons. The molecule has 1 fully saturated rings. The van der Waals surface area contributed by atoms with E-state index >= 15 is 0 Å². The Morgan fingerprint density at radius 2 is 1.86 bits per heavy atom. The third-order valence-corrected chi connectivity index (χ3v) is 7.28. The van der Waals surface area contributed by atoms with Crippen LogP contribution in [0.3, 0.4) is 0 Å². The first-order valence-electron chi connectivity index (χ1n) is 13.9. The number of H-pyrrole nitrogens is 1. The first-order chi connectivity index (χ1) is 20.4. The van der Waals surface area contributed by atoms with Gasteiger partial charge in [0.2, 0.25) is 11.8 Å². The zero-order chi connectivity index (χ0) is 30.9. The number of rotatable bonds is 7. The Bertz CT molecular complexity index is 1580. The highest BCUT2D eigenvalue weighted by molar-refractivity contribution is 6.30. The highest BCUT2D eigenvalue weighted by Crippen LogP contribution is 2.45. The molecule has 4 N–H and O–H groups in total. The molecule has 0 spiro atoms. The molecule has 43 heavy (non-hydrogen) atoms. The standard InChI is InChI=1S/C31H33ClN6O5/c1-31(2,3)43-24-15-19(23(39)16-25(33)40)8-11-21(24)29-36-27(18-6-9-20(32)10-7-18)28(22-5-4-12-34-22)38(29)30(42)37-14-13-35-26(41)17-37/h4-12,15,27-28,34H,13-14,16-17H2,1-3H3,(H2,33,40)(H,35,41)/t27-,28+/m0/s1. The Hall–Kier alpha value is -4.64. The van der Waals surface area contributed by atoms with Gasteiger partial charge in [0, 0.05) is 35.6 Å². The molecule has 3 heterocycles. The number of nitrogens with two attached hydrogens (primary N) is 1. The number of urea groups is 1. The molecule has 2 aromatic carbocycles. The Morgan fingerprint density at radius 1 is 1.12 bits per heavy atom. The number of Topliss-reactive ketones (excluding diaryl/α,β-unsaturated/α-hetero) is 1. The molecular weight excluding hydrogens is 572 g/mol. The Morgan fingerprint density at radius 3 is 2.49 bits per heavy atom. The molecule has 1 aromatic heterocycles. The van der Waals surface area contributed by atoms with Crippen LogP contribution in [0.25, 0.3) is 0 Å². The molecule has 1 saturated heterocycles. The van der Waals surface area contributed by atoms with Crippen molar-refractivity contribution in [2.45, 2.75) is 44.9 Å². The van der Waals surface area contributed by atoms with E-state index in [1.807, 2.05) is 45.0 Å². The number of ether oxygens (including phenoxy) is 1. The minimum atomic E-state index is -0.741. The van der Waals surface area contributed by atoms with Gasteiger partial charge in [-0.05, 0) is 62.7 Å². The monoisotopic (exact) mass is 604 g/mol. The minimum Gasteiger partial charge on any atom is -0.487 e. The van der Waals surface area contributed by atoms with Crippen molar-refractivity contribution in [2.24, 2.45) is 10.7 Å². The largest absolute Gasteiger partial charge is 0.487 e. The highest BCUT2D eigenvalue weighted by Gasteiger charge is 2.45. The van der Waals surface area contributed by atoms with E-state index in [1.54, 1.807) is 41.4 Å². The lowest BCUT2D eigenvalue weighted by atomic mass is 9.97. The predicted molar refractivity (Wildman–Crippen MR) is 161 cm³/mol. The number of piperazine rings is 1. The average Bonchev–Trinajstić information content (AvgIpc) is 3.60. The van der Waals surface area contributed by atoms with Crippen LogP contribution in [-0.4, -0.2) is 69.5 Å². The Kier molecular flexibility index (Phi) is 8.27. The van der Waals surface area contributed by atoms with Crippen LogP contribution in [0.15, 0.2) is 65.8 Å². The number of aliphatic imine (C=N–C) groups is 1. The molecule has 11 nitrogen and oxygen atoms in total. The maximum absolute atomic E-state index is 14.4. The third-order valence-electron chi connectivity index (χ3n) is 7.03. The number of hydrogen-bond donors (Lipinski definition) is 3. The lowest BCUT2D eigenvalue weighted by Gasteiger charge is -2.35. The van der Waals surface area contributed by atoms with Crippen molar-refractivity contribution in [3.63, 3.8) is 0 Å². The van der Waals surface area contributed by atoms with Crippen molar-refractivity contribution in [1.82, 2.24) is 20.1 Å². The van der Waals surface area contributed by atoms with E-state index in [9.17, 15) is 19.2 Å². The summed E-state index contributed by atoms with van der Waals surface area (Å²) in [6.45, 7) is 6.13. The van der Waals surface area contributed by atoms with E-state index in [0.29, 0.717) is 35.3 Å². The summed E-state index contributed by atoms with van der Waals surface area (Å²) in [4.78, 5) is 62.4. The van der Waals surface area contributed by atoms with E-state index in [-0.39, 0.29) is 18.0 Å². The van der Waals surface area contributed by atoms with Gasteiger partial charge in [-0.2, -0.15) is 0 Å². The Labute approximate surface area is 254 Å². The zero-order valence-electron chi connectivity index (χ0n) is 24.1. The normalized spacial score (nSPS) is 18.7. The molecule has 12 heteroatoms. The van der Waals surface area contributed by atoms with E-state index in [0.717, 1.165) is 11.3 Å². The number of nitrogens with zero attached hydrogens (tertiary/aromatic N) is 3. The Balaban J connectivity index is 1.69. The number of benzene rings is 2. The first kappa shape index (κ1) is 29.8. The number of primary amides is 1. The number of carbonyl (C=O) groups excluding carboxylic acids is 4. The predicted octanol–water partition coefficient (Wildman–Crippen LogP) is 4.00. The molecule has 3 aromatic rings. The second kappa shape index (κ2) is 11.9. The van der Waals surface area contributed by atoms with Crippen LogP contribution in [0, 0.1) is 0 Å². The van der Waals surface area contributed by atoms with Crippen molar-refractivity contribution >= 4 is 41.1 Å². The van der Waals surface area contributed by atoms with Gasteiger partial charge in [0.05, 0.1) is 12.0 Å². The maximum Gasteiger partial charge on any atom is 0.326 e. The highest BCUT2D eigenvalue weighted by atomic mass is 35.5. The van der Waals surface area contributed by atoms with Gasteiger partial charge in [0.25, 0.3) is 0 Å². The van der Waals surface area contributed by atoms with Gasteiger partial charge in [-0.15, -0.1) is 0 Å². The number of halogens is 1. The van der Waals surface area contributed by atoms with Gasteiger partial charge >= 0.3 is 6.03 Å². The van der Waals surface area contributed by atoms with Crippen LogP contribution in [0.2, 0.25) is 5.02 Å². The number of carbonyl (C=O) groups is 4. The summed E-state index contributed by atoms with van der Waals surface area (Å²) in [5, 5.41) is 3.32. The number of ketones is 1. The molecule has 0 aliphatic carbocycles. The van der Waals surface area contributed by atoms with Crippen molar-refractivity contribution in [1.29, 1.82) is 0 Å². The van der Waals surface area contributed by atoms with Crippen LogP contribution in [0.5, 0.6) is 5.75 Å². The van der Waals surface area contributed by atoms with Gasteiger partial charge in [-0.3, -0.25) is 24.3 Å². The molecule has 5 rings (SSSR count). The topological polar surface area (TPSA) is 150 Å². The summed E-state index contributed by atoms with van der Waals surface area (Å²) in [5.41, 5.74) is 6.85. The van der Waals surface area contributed by atoms with Crippen molar-refractivity contribution < 1.29 is 23.9 Å². The van der Waals surface area contributed by atoms with Crippen LogP contribution in [-0.2, 0) is 9.59 Å². The van der Waals surface area contributed by atoms with Crippen LogP contribution in [0.1, 0.15) is 66.5 Å². The third kappa shape index (κ3) is 6.56. The van der Waals surface area contributed by atoms with Gasteiger partial charge in [0.1, 0.15) is 35.8 Å². The molecule has 0 saturated carbocycles. The lowest BCUT2D eigenvalue weighted by molar-refractivity contribution is -0.123. The number of amides is 4. The molecule has 2 aliphatic rings. The zero-order valence-corrected chi connectivity index (χ0v) is 24.9. The number of nitrogens with one attached hydrogen (secondary N) is 2. The molecule has 0 unspecified atom stereocenters. The summed E-state index contributed by atoms with van der Waals surface area (Å²) >= 11 is 6.20. The van der Waals surface area contributed by atoms with Crippen molar-refractivity contribution in [3.05, 3.63) is 88.2 Å². The van der Waals surface area contributed by atoms with Gasteiger partial charge in [-0.1, -0.05) is 29.8 Å². The van der Waals surface area contributed by atoms with Crippen molar-refractivity contribution in [2.75, 3.05) is 19.6 Å². The molecule has 0 bridgehead atoms. The number of aromatic nitrogens is 1. The summed E-state index contributed by atoms with van der Waals surface area (Å²) in [5.74, 6) is -0.838. The van der Waals surface area contributed by atoms with E-state index in [2.05, 4.69) is 10.3 Å². The minimum absolute atomic E-state index is 0.0996. The molecule has 4 amide bonds. The molecule has 224 valence electrons. The van der Waals surface area contributed by atoms with E-state index < -0.39 is 41.8 Å². The summed E-state index contributed by atoms with van der Waals surface area (Å²) in [6.07, 6.45) is 1.32. The lowest BCUT2D eigenvalue weighted by Crippen LogP contribution is -2.55. The molecule has 2 aliphatic heterocycles. The quantitative estimate of drug-likeness (QED) is 0.275. The van der Waals surface area contributed by atoms with E-state index in [1.165, 1.54) is 4.90 Å². The fourth-order valence-electron chi connectivity index (χ4n) is 5.21. The summed E-state index contributed by atoms with van der Waals surface area (Å²) in [6, 6.07) is 14.2. The van der Waals surface area contributed by atoms with E-state index in [4.69, 9.17) is 27.1 Å². The second-order valence-corrected chi connectivity index (χ2v) is 11.9. The molecule has 2 atom stereocenters. The number of hydrogen-bond acceptors (Lipinski definition) is 6. The second-order valence-electron chi connectivity index (χ2n) is 11.4. The van der Waals surface area contributed by atoms with Crippen molar-refractivity contribution in [3.8, 4) is 5.75 Å².